The number of hydrogen-bond donors (Lipinski definition) is 1. The summed E-state index contributed by atoms with van der Waals surface area (Å²) in [5.41, 5.74) is 0. The van der Waals surface area contributed by atoms with Gasteiger partial charge in [0.05, 0.1) is 0 Å². The molecule has 0 atom stereocenters. The molecule has 0 aromatic carbocycles. The molecular weight excluding hydrogens is 222 g/mol. The van der Waals surface area contributed by atoms with Crippen molar-refractivity contribution in [2.75, 3.05) is 13.1 Å². The van der Waals surface area contributed by atoms with E-state index in [4.69, 9.17) is 9.94 Å². The fourth-order valence-corrected chi connectivity index (χ4v) is 1.06. The lowest BCUT2D eigenvalue weighted by atomic mass is 10.2. The Balaban J connectivity index is 0. The van der Waals surface area contributed by atoms with E-state index >= 15 is 0 Å². The van der Waals surface area contributed by atoms with E-state index in [9.17, 15) is 9.59 Å². The molecule has 0 aliphatic carbocycles. The molecule has 1 N–H and O–H groups in total. The van der Waals surface area contributed by atoms with Gasteiger partial charge in [0.2, 0.25) is 0 Å². The summed E-state index contributed by atoms with van der Waals surface area (Å²) < 4.78 is 0. The minimum absolute atomic E-state index is 0.251. The highest BCUT2D eigenvalue weighted by Gasteiger charge is 2.00. The molecular formula is C12H25NO4. The van der Waals surface area contributed by atoms with Crippen molar-refractivity contribution in [3.8, 4) is 0 Å². The number of rotatable bonds is 7. The third-order valence-electron chi connectivity index (χ3n) is 1.96. The molecule has 0 saturated heterocycles. The molecule has 5 nitrogen and oxygen atoms in total. The molecule has 0 spiro atoms. The first-order chi connectivity index (χ1) is 7.97. The number of carboxylic acids is 1. The highest BCUT2D eigenvalue weighted by Crippen LogP contribution is 1.97. The molecule has 0 radical (unpaired) electrons. The number of hydroxylamine groups is 2. The van der Waals surface area contributed by atoms with E-state index in [1.807, 2.05) is 13.8 Å². The van der Waals surface area contributed by atoms with Crippen LogP contribution in [0.15, 0.2) is 0 Å². The molecule has 0 unspecified atom stereocenters. The zero-order chi connectivity index (χ0) is 13.7. The molecule has 0 amide bonds. The predicted molar refractivity (Wildman–Crippen MR) is 66.5 cm³/mol. The minimum Gasteiger partial charge on any atom is -0.481 e. The maximum absolute atomic E-state index is 10.3. The lowest BCUT2D eigenvalue weighted by Crippen LogP contribution is -2.25. The van der Waals surface area contributed by atoms with Crippen LogP contribution in [0.5, 0.6) is 0 Å². The van der Waals surface area contributed by atoms with E-state index in [0.717, 1.165) is 32.4 Å². The highest BCUT2D eigenvalue weighted by molar-refractivity contribution is 5.66. The van der Waals surface area contributed by atoms with Crippen molar-refractivity contribution in [3.63, 3.8) is 0 Å². The molecule has 0 aliphatic rings. The van der Waals surface area contributed by atoms with Crippen LogP contribution in [-0.4, -0.2) is 35.2 Å². The maximum atomic E-state index is 10.3. The van der Waals surface area contributed by atoms with Gasteiger partial charge in [0.1, 0.15) is 0 Å². The van der Waals surface area contributed by atoms with Crippen LogP contribution >= 0.6 is 0 Å². The van der Waals surface area contributed by atoms with Crippen molar-refractivity contribution in [2.45, 2.75) is 53.4 Å². The van der Waals surface area contributed by atoms with E-state index in [1.54, 1.807) is 5.06 Å². The second-order valence-electron chi connectivity index (χ2n) is 3.55. The summed E-state index contributed by atoms with van der Waals surface area (Å²) >= 11 is 0. The second-order valence-corrected chi connectivity index (χ2v) is 3.55. The van der Waals surface area contributed by atoms with Crippen molar-refractivity contribution in [1.29, 1.82) is 0 Å². The molecule has 0 rings (SSSR count). The Labute approximate surface area is 104 Å². The SMILES string of the molecule is CCCCCC(=O)O.CCN(CC)OC(C)=O. The third-order valence-corrected chi connectivity index (χ3v) is 1.96. The first kappa shape index (κ1) is 18.3. The van der Waals surface area contributed by atoms with Gasteiger partial charge in [0.15, 0.2) is 0 Å². The second kappa shape index (κ2) is 13.0. The Bertz CT molecular complexity index is 203. The number of carboxylic acid groups (broad SMARTS) is 1. The van der Waals surface area contributed by atoms with Crippen molar-refractivity contribution in [2.24, 2.45) is 0 Å². The lowest BCUT2D eigenvalue weighted by molar-refractivity contribution is -0.185. The Kier molecular flexibility index (Phi) is 13.9. The Morgan fingerprint density at radius 1 is 1.12 bits per heavy atom. The smallest absolute Gasteiger partial charge is 0.322 e. The average molecular weight is 247 g/mol. The number of aliphatic carboxylic acids is 1. The van der Waals surface area contributed by atoms with E-state index in [2.05, 4.69) is 6.92 Å². The van der Waals surface area contributed by atoms with Gasteiger partial charge in [0.25, 0.3) is 0 Å². The molecule has 17 heavy (non-hydrogen) atoms. The van der Waals surface area contributed by atoms with Crippen LogP contribution in [0.2, 0.25) is 0 Å². The Morgan fingerprint density at radius 2 is 1.65 bits per heavy atom. The van der Waals surface area contributed by atoms with Crippen LogP contribution in [0, 0.1) is 0 Å². The number of unbranched alkanes of at least 4 members (excludes halogenated alkanes) is 2. The van der Waals surface area contributed by atoms with Crippen LogP contribution in [0.3, 0.4) is 0 Å². The number of carbonyl (C=O) groups is 2. The summed E-state index contributed by atoms with van der Waals surface area (Å²) in [5.74, 6) is -0.933. The van der Waals surface area contributed by atoms with Crippen molar-refractivity contribution in [3.05, 3.63) is 0 Å². The summed E-state index contributed by atoms with van der Waals surface area (Å²) in [6, 6.07) is 0. The predicted octanol–water partition coefficient (Wildman–Crippen LogP) is 2.46. The summed E-state index contributed by atoms with van der Waals surface area (Å²) in [6.45, 7) is 8.82. The number of hydrogen-bond acceptors (Lipinski definition) is 4. The molecule has 0 aliphatic heterocycles. The van der Waals surface area contributed by atoms with Gasteiger partial charge in [-0.3, -0.25) is 9.59 Å². The number of carbonyl (C=O) groups excluding carboxylic acids is 1. The Morgan fingerprint density at radius 3 is 1.88 bits per heavy atom. The average Bonchev–Trinajstić information content (AvgIpc) is 2.26. The molecule has 0 aromatic rings. The molecule has 0 bridgehead atoms. The number of nitrogens with zero attached hydrogens (tertiary/aromatic N) is 1. The van der Waals surface area contributed by atoms with Crippen LogP contribution in [0.4, 0.5) is 0 Å². The molecule has 0 heterocycles. The summed E-state index contributed by atoms with van der Waals surface area (Å²) in [4.78, 5) is 24.9. The fourth-order valence-electron chi connectivity index (χ4n) is 1.06. The first-order valence-corrected chi connectivity index (χ1v) is 6.13. The minimum atomic E-state index is -0.682. The highest BCUT2D eigenvalue weighted by atomic mass is 16.7. The topological polar surface area (TPSA) is 66.8 Å². The van der Waals surface area contributed by atoms with Crippen molar-refractivity contribution in [1.82, 2.24) is 5.06 Å². The van der Waals surface area contributed by atoms with Crippen LogP contribution < -0.4 is 0 Å². The Hall–Kier alpha value is -1.10. The van der Waals surface area contributed by atoms with E-state index in [1.165, 1.54) is 6.92 Å². The van der Waals surface area contributed by atoms with Gasteiger partial charge < -0.3 is 9.94 Å². The van der Waals surface area contributed by atoms with Crippen LogP contribution in [-0.2, 0) is 14.4 Å². The largest absolute Gasteiger partial charge is 0.481 e. The van der Waals surface area contributed by atoms with E-state index < -0.39 is 5.97 Å². The van der Waals surface area contributed by atoms with E-state index in [0.29, 0.717) is 6.42 Å². The molecule has 0 fully saturated rings. The van der Waals surface area contributed by atoms with Gasteiger partial charge in [-0.05, 0) is 20.3 Å². The third kappa shape index (κ3) is 17.5. The summed E-state index contributed by atoms with van der Waals surface area (Å²) in [6.07, 6.45) is 3.28. The molecule has 102 valence electrons. The van der Waals surface area contributed by atoms with Gasteiger partial charge in [-0.2, -0.15) is 0 Å². The molecule has 0 aromatic heterocycles. The zero-order valence-electron chi connectivity index (χ0n) is 11.4. The summed E-state index contributed by atoms with van der Waals surface area (Å²) in [7, 11) is 0. The van der Waals surface area contributed by atoms with Gasteiger partial charge in [0, 0.05) is 26.4 Å². The van der Waals surface area contributed by atoms with Gasteiger partial charge >= 0.3 is 11.9 Å². The van der Waals surface area contributed by atoms with Gasteiger partial charge in [-0.15, -0.1) is 5.06 Å². The van der Waals surface area contributed by atoms with Gasteiger partial charge in [-0.25, -0.2) is 0 Å². The van der Waals surface area contributed by atoms with Crippen molar-refractivity contribution < 1.29 is 19.5 Å². The van der Waals surface area contributed by atoms with Crippen LogP contribution in [0.1, 0.15) is 53.4 Å². The van der Waals surface area contributed by atoms with Gasteiger partial charge in [-0.1, -0.05) is 19.8 Å². The quantitative estimate of drug-likeness (QED) is 0.553. The standard InChI is InChI=1S/C6H13NO2.C6H12O2/c1-4-7(5-2)9-6(3)8;1-2-3-4-5-6(7)8/h4-5H2,1-3H3;2-5H2,1H3,(H,7,8). The normalized spacial score (nSPS) is 9.47. The molecule has 0 saturated carbocycles. The lowest BCUT2D eigenvalue weighted by Gasteiger charge is -2.15. The molecule has 5 heteroatoms. The monoisotopic (exact) mass is 247 g/mol. The maximum Gasteiger partial charge on any atom is 0.322 e. The van der Waals surface area contributed by atoms with Crippen LogP contribution in [0.25, 0.3) is 0 Å². The zero-order valence-corrected chi connectivity index (χ0v) is 11.4. The first-order valence-electron chi connectivity index (χ1n) is 6.13. The fraction of sp³-hybridized carbons (Fsp3) is 0.833. The van der Waals surface area contributed by atoms with E-state index in [-0.39, 0.29) is 5.97 Å². The summed E-state index contributed by atoms with van der Waals surface area (Å²) in [5, 5.41) is 9.74. The van der Waals surface area contributed by atoms with Crippen molar-refractivity contribution >= 4 is 11.9 Å².